The highest BCUT2D eigenvalue weighted by molar-refractivity contribution is 5.07. The van der Waals surface area contributed by atoms with E-state index in [-0.39, 0.29) is 0 Å². The number of hydrogen-bond acceptors (Lipinski definition) is 6. The largest absolute Gasteiger partial charge is 0.465 e. The molecule has 0 saturated carbocycles. The number of unbranched alkanes of at least 4 members (excludes halogenated alkanes) is 1. The van der Waals surface area contributed by atoms with Crippen molar-refractivity contribution in [3.05, 3.63) is 45.8 Å². The lowest BCUT2D eigenvalue weighted by Crippen LogP contribution is -2.25. The fourth-order valence-corrected chi connectivity index (χ4v) is 1.90. The first-order chi connectivity index (χ1) is 10.0. The second-order valence-corrected chi connectivity index (χ2v) is 5.07. The molecule has 1 heterocycles. The first-order valence-corrected chi connectivity index (χ1v) is 7.00. The van der Waals surface area contributed by atoms with E-state index in [1.165, 1.54) is 0 Å². The van der Waals surface area contributed by atoms with Crippen molar-refractivity contribution in [3.8, 4) is 0 Å². The van der Waals surface area contributed by atoms with E-state index in [4.69, 9.17) is 4.42 Å². The van der Waals surface area contributed by atoms with Gasteiger partial charge in [-0.1, -0.05) is 0 Å². The summed E-state index contributed by atoms with van der Waals surface area (Å²) in [5.41, 5.74) is 0. The lowest BCUT2D eigenvalue weighted by atomic mass is 10.2. The van der Waals surface area contributed by atoms with Crippen LogP contribution in [0.1, 0.15) is 24.4 Å². The zero-order chi connectivity index (χ0) is 15.7. The number of nitrogens with one attached hydrogen (secondary N) is 2. The van der Waals surface area contributed by atoms with Gasteiger partial charge in [-0.25, -0.2) is 0 Å². The quantitative estimate of drug-likeness (QED) is 0.387. The van der Waals surface area contributed by atoms with E-state index in [9.17, 15) is 10.1 Å². The third-order valence-electron chi connectivity index (χ3n) is 2.86. The van der Waals surface area contributed by atoms with Crippen LogP contribution in [0, 0.1) is 10.1 Å². The van der Waals surface area contributed by atoms with Gasteiger partial charge in [0.15, 0.2) is 5.82 Å². The van der Waals surface area contributed by atoms with Crippen LogP contribution in [0.25, 0.3) is 0 Å². The van der Waals surface area contributed by atoms with Gasteiger partial charge in [-0.15, -0.1) is 0 Å². The molecule has 0 radical (unpaired) electrons. The summed E-state index contributed by atoms with van der Waals surface area (Å²) in [6.07, 6.45) is 3.70. The van der Waals surface area contributed by atoms with Crippen molar-refractivity contribution in [2.24, 2.45) is 0 Å². The lowest BCUT2D eigenvalue weighted by molar-refractivity contribution is -0.404. The average Bonchev–Trinajstić information content (AvgIpc) is 2.83. The molecule has 0 atom stereocenters. The van der Waals surface area contributed by atoms with Crippen LogP contribution in [0.3, 0.4) is 0 Å². The molecule has 21 heavy (non-hydrogen) atoms. The maximum absolute atomic E-state index is 10.4. The highest BCUT2D eigenvalue weighted by Crippen LogP contribution is 2.12. The third-order valence-corrected chi connectivity index (χ3v) is 2.86. The van der Waals surface area contributed by atoms with Gasteiger partial charge in [-0.2, -0.15) is 0 Å². The molecule has 0 spiro atoms. The number of hydrogen-bond donors (Lipinski definition) is 2. The Bertz CT molecular complexity index is 469. The fourth-order valence-electron chi connectivity index (χ4n) is 1.90. The molecule has 1 aromatic rings. The predicted molar refractivity (Wildman–Crippen MR) is 81.2 cm³/mol. The number of aryl methyl sites for hydroxylation is 1. The maximum Gasteiger partial charge on any atom is 0.274 e. The van der Waals surface area contributed by atoms with Gasteiger partial charge < -0.3 is 20.0 Å². The van der Waals surface area contributed by atoms with Crippen LogP contribution < -0.4 is 10.6 Å². The van der Waals surface area contributed by atoms with Crippen molar-refractivity contribution in [2.75, 3.05) is 27.7 Å². The maximum atomic E-state index is 10.4. The Balaban J connectivity index is 2.22. The van der Waals surface area contributed by atoms with Gasteiger partial charge >= 0.3 is 0 Å². The second kappa shape index (κ2) is 9.02. The fraction of sp³-hybridized carbons (Fsp3) is 0.571. The molecule has 7 heteroatoms. The molecule has 0 bridgehead atoms. The molecule has 0 amide bonds. The summed E-state index contributed by atoms with van der Waals surface area (Å²) in [6.45, 7) is 1.49. The highest BCUT2D eigenvalue weighted by Gasteiger charge is 2.03. The summed E-state index contributed by atoms with van der Waals surface area (Å²) in [4.78, 5) is 11.9. The first-order valence-electron chi connectivity index (χ1n) is 7.00. The topological polar surface area (TPSA) is 83.6 Å². The molecule has 0 aliphatic carbocycles. The number of nitro groups is 1. The molecule has 118 valence electrons. The lowest BCUT2D eigenvalue weighted by Gasteiger charge is -2.07. The van der Waals surface area contributed by atoms with Crippen LogP contribution in [0.2, 0.25) is 0 Å². The molecule has 0 unspecified atom stereocenters. The standard InChI is InChI=1S/C14H24N4O3/c1-15-14(11-18(19)20)16-9-5-4-6-12-7-8-13(21-12)10-17(2)3/h7-8,11,15-16H,4-6,9-10H2,1-3H3/b14-11+. The van der Waals surface area contributed by atoms with Crippen molar-refractivity contribution in [1.82, 2.24) is 15.5 Å². The van der Waals surface area contributed by atoms with Crippen LogP contribution >= 0.6 is 0 Å². The van der Waals surface area contributed by atoms with E-state index in [1.54, 1.807) is 7.05 Å². The van der Waals surface area contributed by atoms with E-state index in [2.05, 4.69) is 15.5 Å². The van der Waals surface area contributed by atoms with Crippen LogP contribution in [-0.4, -0.2) is 37.5 Å². The molecule has 0 aliphatic heterocycles. The molecule has 0 aliphatic rings. The summed E-state index contributed by atoms with van der Waals surface area (Å²) < 4.78 is 5.72. The number of rotatable bonds is 10. The van der Waals surface area contributed by atoms with Crippen molar-refractivity contribution in [3.63, 3.8) is 0 Å². The minimum atomic E-state index is -0.478. The van der Waals surface area contributed by atoms with E-state index >= 15 is 0 Å². The van der Waals surface area contributed by atoms with Crippen molar-refractivity contribution >= 4 is 0 Å². The van der Waals surface area contributed by atoms with Crippen molar-refractivity contribution in [2.45, 2.75) is 25.8 Å². The van der Waals surface area contributed by atoms with Crippen LogP contribution in [0.5, 0.6) is 0 Å². The zero-order valence-corrected chi connectivity index (χ0v) is 12.9. The number of furan rings is 1. The summed E-state index contributed by atoms with van der Waals surface area (Å²) in [7, 11) is 5.66. The summed E-state index contributed by atoms with van der Waals surface area (Å²) in [5, 5.41) is 16.1. The first kappa shape index (κ1) is 17.0. The Kier molecular flexibility index (Phi) is 7.31. The van der Waals surface area contributed by atoms with Crippen molar-refractivity contribution in [1.29, 1.82) is 0 Å². The van der Waals surface area contributed by atoms with E-state index < -0.39 is 4.92 Å². The Labute approximate surface area is 125 Å². The van der Waals surface area contributed by atoms with Gasteiger partial charge in [-0.05, 0) is 39.1 Å². The van der Waals surface area contributed by atoms with Gasteiger partial charge in [0.05, 0.1) is 11.5 Å². The van der Waals surface area contributed by atoms with E-state index in [0.29, 0.717) is 12.4 Å². The number of nitrogens with zero attached hydrogens (tertiary/aromatic N) is 2. The monoisotopic (exact) mass is 296 g/mol. The Morgan fingerprint density at radius 3 is 2.71 bits per heavy atom. The second-order valence-electron chi connectivity index (χ2n) is 5.07. The smallest absolute Gasteiger partial charge is 0.274 e. The van der Waals surface area contributed by atoms with Crippen LogP contribution in [0.4, 0.5) is 0 Å². The van der Waals surface area contributed by atoms with Gasteiger partial charge in [-0.3, -0.25) is 10.1 Å². The molecular weight excluding hydrogens is 272 g/mol. The summed E-state index contributed by atoms with van der Waals surface area (Å²) >= 11 is 0. The normalized spacial score (nSPS) is 11.7. The van der Waals surface area contributed by atoms with Gasteiger partial charge in [0.1, 0.15) is 11.5 Å². The van der Waals surface area contributed by atoms with Gasteiger partial charge in [0.2, 0.25) is 0 Å². The van der Waals surface area contributed by atoms with Crippen LogP contribution in [-0.2, 0) is 13.0 Å². The average molecular weight is 296 g/mol. The molecule has 0 fully saturated rings. The van der Waals surface area contributed by atoms with Crippen molar-refractivity contribution < 1.29 is 9.34 Å². The Morgan fingerprint density at radius 2 is 2.10 bits per heavy atom. The van der Waals surface area contributed by atoms with Gasteiger partial charge in [0.25, 0.3) is 6.20 Å². The van der Waals surface area contributed by atoms with E-state index in [1.807, 2.05) is 26.2 Å². The summed E-state index contributed by atoms with van der Waals surface area (Å²) in [6, 6.07) is 4.02. The third kappa shape index (κ3) is 7.36. The SMILES string of the molecule is CN/C(=C\[N+](=O)[O-])NCCCCc1ccc(CN(C)C)o1. The predicted octanol–water partition coefficient (Wildman–Crippen LogP) is 1.55. The van der Waals surface area contributed by atoms with E-state index in [0.717, 1.165) is 43.5 Å². The molecule has 1 aromatic heterocycles. The molecule has 0 saturated heterocycles. The minimum absolute atomic E-state index is 0.422. The van der Waals surface area contributed by atoms with Crippen LogP contribution in [0.15, 0.2) is 28.6 Å². The molecule has 2 N–H and O–H groups in total. The highest BCUT2D eigenvalue weighted by atomic mass is 16.6. The summed E-state index contributed by atoms with van der Waals surface area (Å²) in [5.74, 6) is 2.38. The molecule has 1 rings (SSSR count). The Hall–Kier alpha value is -2.02. The van der Waals surface area contributed by atoms with Gasteiger partial charge in [0, 0.05) is 20.0 Å². The molecule has 0 aromatic carbocycles. The molecular formula is C14H24N4O3. The minimum Gasteiger partial charge on any atom is -0.465 e. The Morgan fingerprint density at radius 1 is 1.38 bits per heavy atom. The zero-order valence-electron chi connectivity index (χ0n) is 12.9. The molecule has 7 nitrogen and oxygen atoms in total.